The van der Waals surface area contributed by atoms with Gasteiger partial charge in [-0.2, -0.15) is 0 Å². The topological polar surface area (TPSA) is 96.2 Å². The van der Waals surface area contributed by atoms with Crippen LogP contribution in [0.5, 0.6) is 0 Å². The minimum Gasteiger partial charge on any atom is -0.355 e. The molecule has 0 saturated heterocycles. The van der Waals surface area contributed by atoms with Crippen molar-refractivity contribution in [1.82, 2.24) is 16.0 Å². The van der Waals surface area contributed by atoms with Crippen LogP contribution in [-0.4, -0.2) is 32.1 Å². The van der Waals surface area contributed by atoms with E-state index >= 15 is 0 Å². The lowest BCUT2D eigenvalue weighted by Gasteiger charge is -2.15. The summed E-state index contributed by atoms with van der Waals surface area (Å²) >= 11 is 1.48. The van der Waals surface area contributed by atoms with Crippen LogP contribution in [0.25, 0.3) is 0 Å². The first-order chi connectivity index (χ1) is 8.63. The lowest BCUT2D eigenvalue weighted by Crippen LogP contribution is -2.37. The zero-order valence-electron chi connectivity index (χ0n) is 10.6. The number of amides is 3. The molecule has 0 aliphatic heterocycles. The van der Waals surface area contributed by atoms with Crippen LogP contribution in [0.2, 0.25) is 0 Å². The van der Waals surface area contributed by atoms with Gasteiger partial charge in [0.2, 0.25) is 5.91 Å². The maximum Gasteiger partial charge on any atom is 0.312 e. The van der Waals surface area contributed by atoms with E-state index in [2.05, 4.69) is 16.0 Å². The van der Waals surface area contributed by atoms with Crippen LogP contribution < -0.4 is 21.7 Å². The number of carbonyl (C=O) groups is 2. The quantitative estimate of drug-likeness (QED) is 0.556. The van der Waals surface area contributed by atoms with E-state index in [1.54, 1.807) is 0 Å². The van der Waals surface area contributed by atoms with E-state index in [0.717, 1.165) is 4.88 Å². The Morgan fingerprint density at radius 3 is 2.68 bits per heavy atom. The van der Waals surface area contributed by atoms with E-state index in [9.17, 15) is 9.59 Å². The molecule has 1 aromatic heterocycles. The van der Waals surface area contributed by atoms with Gasteiger partial charge in [0.15, 0.2) is 0 Å². The molecule has 1 aromatic rings. The van der Waals surface area contributed by atoms with E-state index < -0.39 is 6.03 Å². The van der Waals surface area contributed by atoms with Crippen molar-refractivity contribution in [3.05, 3.63) is 22.4 Å². The van der Waals surface area contributed by atoms with Gasteiger partial charge in [0.05, 0.1) is 12.5 Å². The first-order valence-electron chi connectivity index (χ1n) is 5.64. The largest absolute Gasteiger partial charge is 0.355 e. The van der Waals surface area contributed by atoms with E-state index in [0.29, 0.717) is 13.1 Å². The normalized spacial score (nSPS) is 11.2. The standard InChI is InChI=1S/C11H18N4O2S.ClH/c1-13-4-5-14-10(16)7-8(15-11(12)17)9-3-2-6-18-9;/h2-3,6,8,13H,4-5,7H2,1H3,(H,14,16)(H3,12,15,17);1H. The second kappa shape index (κ2) is 9.60. The van der Waals surface area contributed by atoms with E-state index in [1.165, 1.54) is 11.3 Å². The number of nitrogens with one attached hydrogen (secondary N) is 3. The fourth-order valence-corrected chi connectivity index (χ4v) is 2.25. The van der Waals surface area contributed by atoms with Crippen molar-refractivity contribution in [1.29, 1.82) is 0 Å². The lowest BCUT2D eigenvalue weighted by atomic mass is 10.1. The Morgan fingerprint density at radius 1 is 1.42 bits per heavy atom. The maximum atomic E-state index is 11.7. The molecule has 0 aliphatic carbocycles. The summed E-state index contributed by atoms with van der Waals surface area (Å²) in [6.07, 6.45) is 0.188. The Morgan fingerprint density at radius 2 is 2.16 bits per heavy atom. The van der Waals surface area contributed by atoms with Crippen LogP contribution in [0.3, 0.4) is 0 Å². The molecule has 5 N–H and O–H groups in total. The molecule has 8 heteroatoms. The first-order valence-corrected chi connectivity index (χ1v) is 6.52. The van der Waals surface area contributed by atoms with Crippen LogP contribution in [0.1, 0.15) is 17.3 Å². The van der Waals surface area contributed by atoms with E-state index in [4.69, 9.17) is 5.73 Å². The lowest BCUT2D eigenvalue weighted by molar-refractivity contribution is -0.121. The number of urea groups is 1. The van der Waals surface area contributed by atoms with Crippen molar-refractivity contribution >= 4 is 35.7 Å². The molecule has 0 saturated carbocycles. The Labute approximate surface area is 122 Å². The number of hydrogen-bond acceptors (Lipinski definition) is 4. The molecule has 1 atom stereocenters. The Hall–Kier alpha value is -1.31. The molecule has 0 bridgehead atoms. The maximum absolute atomic E-state index is 11.7. The number of thiophene rings is 1. The predicted octanol–water partition coefficient (Wildman–Crippen LogP) is 0.605. The summed E-state index contributed by atoms with van der Waals surface area (Å²) in [4.78, 5) is 23.5. The van der Waals surface area contributed by atoms with Crippen LogP contribution in [0, 0.1) is 0 Å². The average molecular weight is 307 g/mol. The van der Waals surface area contributed by atoms with E-state index in [1.807, 2.05) is 24.6 Å². The van der Waals surface area contributed by atoms with Crippen molar-refractivity contribution in [3.8, 4) is 0 Å². The summed E-state index contributed by atoms with van der Waals surface area (Å²) in [7, 11) is 1.81. The second-order valence-corrected chi connectivity index (χ2v) is 4.71. The third kappa shape index (κ3) is 7.00. The molecule has 1 heterocycles. The molecule has 0 radical (unpaired) electrons. The summed E-state index contributed by atoms with van der Waals surface area (Å²) in [6, 6.07) is 2.74. The number of rotatable bonds is 7. The fraction of sp³-hybridized carbons (Fsp3) is 0.455. The molecule has 1 unspecified atom stereocenters. The molecule has 0 fully saturated rings. The highest BCUT2D eigenvalue weighted by molar-refractivity contribution is 7.10. The predicted molar refractivity (Wildman–Crippen MR) is 78.6 cm³/mol. The molecule has 108 valence electrons. The molecule has 0 aliphatic rings. The third-order valence-electron chi connectivity index (χ3n) is 2.29. The number of likely N-dealkylation sites (N-methyl/N-ethyl adjacent to an activating group) is 1. The molecule has 19 heavy (non-hydrogen) atoms. The van der Waals surface area contributed by atoms with Crippen molar-refractivity contribution in [3.63, 3.8) is 0 Å². The molecular weight excluding hydrogens is 288 g/mol. The molecule has 1 rings (SSSR count). The number of primary amides is 1. The van der Waals surface area contributed by atoms with Gasteiger partial charge < -0.3 is 21.7 Å². The van der Waals surface area contributed by atoms with Gasteiger partial charge in [-0.15, -0.1) is 23.7 Å². The van der Waals surface area contributed by atoms with Crippen molar-refractivity contribution in [2.45, 2.75) is 12.5 Å². The van der Waals surface area contributed by atoms with Crippen LogP contribution >= 0.6 is 23.7 Å². The Bertz CT molecular complexity index is 386. The summed E-state index contributed by atoms with van der Waals surface area (Å²) in [6.45, 7) is 1.27. The molecular formula is C11H19ClN4O2S. The zero-order chi connectivity index (χ0) is 13.4. The Balaban J connectivity index is 0.00000324. The van der Waals surface area contributed by atoms with Gasteiger partial charge in [0.1, 0.15) is 0 Å². The summed E-state index contributed by atoms with van der Waals surface area (Å²) in [5.74, 6) is -0.114. The van der Waals surface area contributed by atoms with Gasteiger partial charge >= 0.3 is 6.03 Å². The van der Waals surface area contributed by atoms with Crippen LogP contribution in [0.15, 0.2) is 17.5 Å². The molecule has 3 amide bonds. The summed E-state index contributed by atoms with van der Waals surface area (Å²) < 4.78 is 0. The molecule has 0 spiro atoms. The van der Waals surface area contributed by atoms with Gasteiger partial charge in [-0.1, -0.05) is 6.07 Å². The number of carbonyl (C=O) groups excluding carboxylic acids is 2. The highest BCUT2D eigenvalue weighted by Gasteiger charge is 2.17. The molecule has 0 aromatic carbocycles. The minimum atomic E-state index is -0.628. The highest BCUT2D eigenvalue weighted by atomic mass is 35.5. The summed E-state index contributed by atoms with van der Waals surface area (Å²) in [5, 5.41) is 10.2. The van der Waals surface area contributed by atoms with Gasteiger partial charge in [0, 0.05) is 18.0 Å². The van der Waals surface area contributed by atoms with Gasteiger partial charge in [-0.3, -0.25) is 4.79 Å². The zero-order valence-corrected chi connectivity index (χ0v) is 12.3. The Kier molecular flexibility index (Phi) is 8.94. The average Bonchev–Trinajstić information content (AvgIpc) is 2.81. The van der Waals surface area contributed by atoms with Crippen molar-refractivity contribution < 1.29 is 9.59 Å². The van der Waals surface area contributed by atoms with Gasteiger partial charge in [-0.25, -0.2) is 4.79 Å². The number of hydrogen-bond donors (Lipinski definition) is 4. The van der Waals surface area contributed by atoms with Crippen LogP contribution in [0.4, 0.5) is 4.79 Å². The highest BCUT2D eigenvalue weighted by Crippen LogP contribution is 2.21. The first kappa shape index (κ1) is 17.7. The smallest absolute Gasteiger partial charge is 0.312 e. The third-order valence-corrected chi connectivity index (χ3v) is 3.28. The van der Waals surface area contributed by atoms with E-state index in [-0.39, 0.29) is 30.8 Å². The fourth-order valence-electron chi connectivity index (χ4n) is 1.47. The molecule has 6 nitrogen and oxygen atoms in total. The minimum absolute atomic E-state index is 0. The number of nitrogens with two attached hydrogens (primary N) is 1. The van der Waals surface area contributed by atoms with Gasteiger partial charge in [0.25, 0.3) is 0 Å². The van der Waals surface area contributed by atoms with Crippen LogP contribution in [-0.2, 0) is 4.79 Å². The second-order valence-electron chi connectivity index (χ2n) is 3.73. The monoisotopic (exact) mass is 306 g/mol. The number of halogens is 1. The summed E-state index contributed by atoms with van der Waals surface area (Å²) in [5.41, 5.74) is 5.11. The van der Waals surface area contributed by atoms with Crippen molar-refractivity contribution in [2.24, 2.45) is 5.73 Å². The SMILES string of the molecule is CNCCNC(=O)CC(NC(N)=O)c1cccs1.Cl. The van der Waals surface area contributed by atoms with Gasteiger partial charge in [-0.05, 0) is 18.5 Å². The van der Waals surface area contributed by atoms with Crippen molar-refractivity contribution in [2.75, 3.05) is 20.1 Å².